The lowest BCUT2D eigenvalue weighted by atomic mass is 9.81. The molecule has 72 valence electrons. The Balaban J connectivity index is 2.97. The van der Waals surface area contributed by atoms with Crippen LogP contribution in [-0.4, -0.2) is 5.71 Å². The van der Waals surface area contributed by atoms with Crippen molar-refractivity contribution in [3.63, 3.8) is 0 Å². The molecule has 1 heteroatoms. The SMILES string of the molecule is CCC1C=CC=CN=C1C(C)(C)C. The van der Waals surface area contributed by atoms with Gasteiger partial charge in [-0.1, -0.05) is 39.8 Å². The molecule has 1 rings (SSSR count). The first-order valence-electron chi connectivity index (χ1n) is 4.97. The third-order valence-corrected chi connectivity index (χ3v) is 2.31. The summed E-state index contributed by atoms with van der Waals surface area (Å²) < 4.78 is 0. The number of hydrogen-bond acceptors (Lipinski definition) is 1. The van der Waals surface area contributed by atoms with Gasteiger partial charge >= 0.3 is 0 Å². The minimum Gasteiger partial charge on any atom is -0.265 e. The smallest absolute Gasteiger partial charge is 0.0301 e. The Kier molecular flexibility index (Phi) is 3.07. The van der Waals surface area contributed by atoms with Crippen LogP contribution in [0.5, 0.6) is 0 Å². The van der Waals surface area contributed by atoms with Crippen molar-refractivity contribution in [2.24, 2.45) is 16.3 Å². The summed E-state index contributed by atoms with van der Waals surface area (Å²) in [4.78, 5) is 4.52. The molecule has 0 aromatic heterocycles. The van der Waals surface area contributed by atoms with E-state index in [4.69, 9.17) is 0 Å². The molecule has 0 saturated heterocycles. The van der Waals surface area contributed by atoms with Crippen LogP contribution >= 0.6 is 0 Å². The molecule has 13 heavy (non-hydrogen) atoms. The zero-order valence-electron chi connectivity index (χ0n) is 9.04. The highest BCUT2D eigenvalue weighted by Gasteiger charge is 2.24. The Morgan fingerprint density at radius 1 is 1.31 bits per heavy atom. The lowest BCUT2D eigenvalue weighted by molar-refractivity contribution is 0.554. The Hall–Kier alpha value is -0.850. The largest absolute Gasteiger partial charge is 0.265 e. The summed E-state index contributed by atoms with van der Waals surface area (Å²) in [7, 11) is 0. The predicted molar refractivity (Wildman–Crippen MR) is 59.0 cm³/mol. The minimum atomic E-state index is 0.180. The van der Waals surface area contributed by atoms with Gasteiger partial charge in [-0.3, -0.25) is 4.99 Å². The molecule has 0 N–H and O–H groups in total. The van der Waals surface area contributed by atoms with Gasteiger partial charge < -0.3 is 0 Å². The molecule has 0 fully saturated rings. The van der Waals surface area contributed by atoms with Gasteiger partial charge in [0.2, 0.25) is 0 Å². The molecule has 0 spiro atoms. The fourth-order valence-corrected chi connectivity index (χ4v) is 1.64. The van der Waals surface area contributed by atoms with Crippen molar-refractivity contribution < 1.29 is 0 Å². The molecule has 0 aromatic carbocycles. The topological polar surface area (TPSA) is 12.4 Å². The van der Waals surface area contributed by atoms with E-state index in [1.54, 1.807) is 0 Å². The Labute approximate surface area is 81.3 Å². The third kappa shape index (κ3) is 2.55. The number of aliphatic imine (C=N–C) groups is 1. The summed E-state index contributed by atoms with van der Waals surface area (Å²) in [5.41, 5.74) is 1.47. The van der Waals surface area contributed by atoms with Gasteiger partial charge in [0.25, 0.3) is 0 Å². The second-order valence-electron chi connectivity index (χ2n) is 4.51. The molecule has 0 aliphatic carbocycles. The van der Waals surface area contributed by atoms with Crippen molar-refractivity contribution in [2.75, 3.05) is 0 Å². The van der Waals surface area contributed by atoms with Crippen molar-refractivity contribution in [1.29, 1.82) is 0 Å². The number of allylic oxidation sites excluding steroid dienone is 3. The molecule has 0 radical (unpaired) electrons. The zero-order chi connectivity index (χ0) is 9.90. The third-order valence-electron chi connectivity index (χ3n) is 2.31. The van der Waals surface area contributed by atoms with Gasteiger partial charge in [0.1, 0.15) is 0 Å². The molecule has 0 amide bonds. The van der Waals surface area contributed by atoms with Crippen molar-refractivity contribution >= 4 is 5.71 Å². The van der Waals surface area contributed by atoms with Crippen LogP contribution in [0, 0.1) is 11.3 Å². The van der Waals surface area contributed by atoms with E-state index in [1.165, 1.54) is 5.71 Å². The van der Waals surface area contributed by atoms with Gasteiger partial charge in [0.15, 0.2) is 0 Å². The summed E-state index contributed by atoms with van der Waals surface area (Å²) in [5.74, 6) is 0.509. The number of rotatable bonds is 1. The highest BCUT2D eigenvalue weighted by Crippen LogP contribution is 2.26. The van der Waals surface area contributed by atoms with E-state index >= 15 is 0 Å². The van der Waals surface area contributed by atoms with Crippen molar-refractivity contribution in [3.05, 3.63) is 24.4 Å². The maximum Gasteiger partial charge on any atom is 0.0301 e. The van der Waals surface area contributed by atoms with Gasteiger partial charge in [-0.15, -0.1) is 0 Å². The molecule has 0 saturated carbocycles. The molecule has 1 aliphatic heterocycles. The Morgan fingerprint density at radius 2 is 2.00 bits per heavy atom. The molecule has 1 atom stereocenters. The molecule has 1 aliphatic rings. The van der Waals surface area contributed by atoms with Crippen LogP contribution in [-0.2, 0) is 0 Å². The number of hydrogen-bond donors (Lipinski definition) is 0. The van der Waals surface area contributed by atoms with Gasteiger partial charge in [0.05, 0.1) is 0 Å². The highest BCUT2D eigenvalue weighted by molar-refractivity contribution is 5.93. The summed E-state index contributed by atoms with van der Waals surface area (Å²) in [6, 6.07) is 0. The highest BCUT2D eigenvalue weighted by atomic mass is 14.7. The van der Waals surface area contributed by atoms with E-state index < -0.39 is 0 Å². The first kappa shape index (κ1) is 10.2. The fraction of sp³-hybridized carbons (Fsp3) is 0.583. The van der Waals surface area contributed by atoms with Crippen LogP contribution < -0.4 is 0 Å². The van der Waals surface area contributed by atoms with Crippen LogP contribution in [0.1, 0.15) is 34.1 Å². The predicted octanol–water partition coefficient (Wildman–Crippen LogP) is 3.58. The number of nitrogens with zero attached hydrogens (tertiary/aromatic N) is 1. The summed E-state index contributed by atoms with van der Waals surface area (Å²) in [5, 5.41) is 0. The maximum absolute atomic E-state index is 4.52. The van der Waals surface area contributed by atoms with Crippen LogP contribution in [0.15, 0.2) is 29.4 Å². The minimum absolute atomic E-state index is 0.180. The summed E-state index contributed by atoms with van der Waals surface area (Å²) in [6.45, 7) is 8.88. The van der Waals surface area contributed by atoms with E-state index in [9.17, 15) is 0 Å². The molecule has 0 aromatic rings. The lowest BCUT2D eigenvalue weighted by Crippen LogP contribution is -2.26. The molecule has 1 heterocycles. The zero-order valence-corrected chi connectivity index (χ0v) is 9.04. The van der Waals surface area contributed by atoms with E-state index in [0.717, 1.165) is 6.42 Å². The lowest BCUT2D eigenvalue weighted by Gasteiger charge is -2.25. The second kappa shape index (κ2) is 3.91. The first-order chi connectivity index (χ1) is 6.05. The average molecular weight is 177 g/mol. The van der Waals surface area contributed by atoms with E-state index in [0.29, 0.717) is 5.92 Å². The average Bonchev–Trinajstić information content (AvgIpc) is 2.26. The summed E-state index contributed by atoms with van der Waals surface area (Å²) >= 11 is 0. The normalized spacial score (nSPS) is 22.8. The van der Waals surface area contributed by atoms with Crippen LogP contribution in [0.4, 0.5) is 0 Å². The molecule has 0 bridgehead atoms. The van der Waals surface area contributed by atoms with Crippen LogP contribution in [0.2, 0.25) is 0 Å². The van der Waals surface area contributed by atoms with Crippen LogP contribution in [0.25, 0.3) is 0 Å². The molecule has 1 unspecified atom stereocenters. The van der Waals surface area contributed by atoms with Gasteiger partial charge in [-0.25, -0.2) is 0 Å². The van der Waals surface area contributed by atoms with Crippen molar-refractivity contribution in [2.45, 2.75) is 34.1 Å². The van der Waals surface area contributed by atoms with E-state index in [1.807, 2.05) is 12.3 Å². The maximum atomic E-state index is 4.52. The molecular formula is C12H19N. The van der Waals surface area contributed by atoms with E-state index in [2.05, 4.69) is 44.8 Å². The van der Waals surface area contributed by atoms with Crippen molar-refractivity contribution in [1.82, 2.24) is 0 Å². The van der Waals surface area contributed by atoms with Gasteiger partial charge in [0, 0.05) is 23.2 Å². The molecular weight excluding hydrogens is 158 g/mol. The summed E-state index contributed by atoms with van der Waals surface area (Å²) in [6.07, 6.45) is 9.37. The second-order valence-corrected chi connectivity index (χ2v) is 4.51. The van der Waals surface area contributed by atoms with Crippen LogP contribution in [0.3, 0.4) is 0 Å². The van der Waals surface area contributed by atoms with Gasteiger partial charge in [-0.2, -0.15) is 0 Å². The quantitative estimate of drug-likeness (QED) is 0.580. The van der Waals surface area contributed by atoms with E-state index in [-0.39, 0.29) is 5.41 Å². The monoisotopic (exact) mass is 177 g/mol. The molecule has 1 nitrogen and oxygen atoms in total. The first-order valence-corrected chi connectivity index (χ1v) is 4.97. The van der Waals surface area contributed by atoms with Crippen molar-refractivity contribution in [3.8, 4) is 0 Å². The fourth-order valence-electron chi connectivity index (χ4n) is 1.64. The Bertz CT molecular complexity index is 251. The standard InChI is InChI=1S/C12H19N/c1-5-10-8-6-7-9-13-11(10)12(2,3)4/h6-10H,5H2,1-4H3. The van der Waals surface area contributed by atoms with Gasteiger partial charge in [-0.05, 0) is 12.5 Å². The Morgan fingerprint density at radius 3 is 2.54 bits per heavy atom.